The van der Waals surface area contributed by atoms with Gasteiger partial charge in [0, 0.05) is 29.1 Å². The summed E-state index contributed by atoms with van der Waals surface area (Å²) in [6, 6.07) is 7.13. The molecule has 0 saturated carbocycles. The summed E-state index contributed by atoms with van der Waals surface area (Å²) in [6.45, 7) is 3.62. The summed E-state index contributed by atoms with van der Waals surface area (Å²) in [7, 11) is 0. The number of anilines is 1. The highest BCUT2D eigenvalue weighted by Gasteiger charge is 2.55. The molecule has 4 aliphatic rings. The SMILES string of the molecule is O=C1O[C@@]2(CN3CCC2CC3)CN1c1ccc(-c2cccnc2F)s1. The number of fused-ring (bicyclic) bond motifs is 2. The minimum absolute atomic E-state index is 0.284. The number of halogens is 1. The first kappa shape index (κ1) is 15.3. The molecule has 0 radical (unpaired) electrons. The van der Waals surface area contributed by atoms with Crippen molar-refractivity contribution in [3.8, 4) is 10.4 Å². The van der Waals surface area contributed by atoms with Crippen LogP contribution < -0.4 is 4.90 Å². The molecule has 0 aromatic carbocycles. The van der Waals surface area contributed by atoms with Crippen molar-refractivity contribution in [2.45, 2.75) is 18.4 Å². The van der Waals surface area contributed by atoms with E-state index in [-0.39, 0.29) is 11.7 Å². The molecule has 130 valence electrons. The van der Waals surface area contributed by atoms with Crippen LogP contribution in [0.3, 0.4) is 0 Å². The average molecular weight is 359 g/mol. The number of amides is 1. The highest BCUT2D eigenvalue weighted by atomic mass is 32.1. The average Bonchev–Trinajstić information content (AvgIpc) is 3.21. The molecule has 1 amide bonds. The maximum Gasteiger partial charge on any atom is 0.415 e. The predicted molar refractivity (Wildman–Crippen MR) is 93.2 cm³/mol. The number of thiophene rings is 1. The molecule has 1 spiro atoms. The van der Waals surface area contributed by atoms with Gasteiger partial charge in [-0.15, -0.1) is 11.3 Å². The van der Waals surface area contributed by atoms with Crippen LogP contribution in [-0.4, -0.2) is 47.8 Å². The number of hydrogen-bond donors (Lipinski definition) is 0. The second-order valence-electron chi connectivity index (χ2n) is 7.05. The van der Waals surface area contributed by atoms with Crippen molar-refractivity contribution in [1.29, 1.82) is 0 Å². The van der Waals surface area contributed by atoms with Crippen LogP contribution >= 0.6 is 11.3 Å². The third-order valence-electron chi connectivity index (χ3n) is 5.64. The zero-order valence-electron chi connectivity index (χ0n) is 13.7. The molecule has 25 heavy (non-hydrogen) atoms. The lowest BCUT2D eigenvalue weighted by atomic mass is 9.75. The van der Waals surface area contributed by atoms with Gasteiger partial charge in [0.1, 0.15) is 10.6 Å². The highest BCUT2D eigenvalue weighted by Crippen LogP contribution is 2.45. The van der Waals surface area contributed by atoms with Gasteiger partial charge in [0.05, 0.1) is 6.54 Å². The standard InChI is InChI=1S/C18H18FN3O2S/c19-16-13(2-1-7-20-16)14-3-4-15(25-14)22-11-18(24-17(22)23)10-21-8-5-12(18)6-9-21/h1-4,7,12H,5-6,8-11H2/t18-/m0/s1. The summed E-state index contributed by atoms with van der Waals surface area (Å²) in [4.78, 5) is 21.1. The molecule has 4 saturated heterocycles. The van der Waals surface area contributed by atoms with Crippen molar-refractivity contribution >= 4 is 22.4 Å². The van der Waals surface area contributed by atoms with Gasteiger partial charge in [-0.25, -0.2) is 9.78 Å². The van der Waals surface area contributed by atoms with Gasteiger partial charge in [-0.2, -0.15) is 4.39 Å². The summed E-state index contributed by atoms with van der Waals surface area (Å²) in [5.41, 5.74) is 0.0842. The predicted octanol–water partition coefficient (Wildman–Crippen LogP) is 3.37. The Morgan fingerprint density at radius 3 is 2.80 bits per heavy atom. The Labute approximate surface area is 149 Å². The van der Waals surface area contributed by atoms with E-state index in [1.54, 1.807) is 17.0 Å². The van der Waals surface area contributed by atoms with E-state index >= 15 is 0 Å². The van der Waals surface area contributed by atoms with E-state index < -0.39 is 5.95 Å². The third kappa shape index (κ3) is 2.37. The number of carbonyl (C=O) groups excluding carboxylic acids is 1. The van der Waals surface area contributed by atoms with E-state index in [9.17, 15) is 9.18 Å². The van der Waals surface area contributed by atoms with Crippen LogP contribution in [0, 0.1) is 11.9 Å². The Morgan fingerprint density at radius 1 is 1.24 bits per heavy atom. The minimum atomic E-state index is -0.492. The molecular weight excluding hydrogens is 341 g/mol. The molecule has 2 aromatic heterocycles. The van der Waals surface area contributed by atoms with Gasteiger partial charge in [0.15, 0.2) is 0 Å². The molecule has 6 heterocycles. The van der Waals surface area contributed by atoms with Crippen LogP contribution in [0.15, 0.2) is 30.5 Å². The largest absolute Gasteiger partial charge is 0.439 e. The zero-order valence-corrected chi connectivity index (χ0v) is 14.5. The summed E-state index contributed by atoms with van der Waals surface area (Å²) in [5.74, 6) is -0.0459. The molecule has 4 fully saturated rings. The number of aromatic nitrogens is 1. The van der Waals surface area contributed by atoms with E-state index in [0.29, 0.717) is 18.0 Å². The molecule has 0 unspecified atom stereocenters. The number of piperidine rings is 3. The van der Waals surface area contributed by atoms with Crippen LogP contribution in [0.25, 0.3) is 10.4 Å². The Balaban J connectivity index is 1.43. The molecule has 2 bridgehead atoms. The smallest absolute Gasteiger partial charge is 0.415 e. The lowest BCUT2D eigenvalue weighted by molar-refractivity contribution is -0.0881. The Morgan fingerprint density at radius 2 is 2.08 bits per heavy atom. The van der Waals surface area contributed by atoms with Crippen LogP contribution in [0.4, 0.5) is 14.2 Å². The molecule has 5 nitrogen and oxygen atoms in total. The second-order valence-corrected chi connectivity index (χ2v) is 8.11. The number of hydrogen-bond acceptors (Lipinski definition) is 5. The summed E-state index contributed by atoms with van der Waals surface area (Å²) in [5, 5.41) is 0.802. The lowest BCUT2D eigenvalue weighted by Gasteiger charge is -2.49. The molecular formula is C18H18FN3O2S. The first-order chi connectivity index (χ1) is 12.1. The van der Waals surface area contributed by atoms with Crippen molar-refractivity contribution < 1.29 is 13.9 Å². The Kier molecular flexibility index (Phi) is 3.36. The van der Waals surface area contributed by atoms with Crippen LogP contribution in [-0.2, 0) is 4.74 Å². The van der Waals surface area contributed by atoms with Crippen molar-refractivity contribution in [3.05, 3.63) is 36.4 Å². The van der Waals surface area contributed by atoms with Gasteiger partial charge < -0.3 is 4.74 Å². The van der Waals surface area contributed by atoms with Gasteiger partial charge in [-0.05, 0) is 50.2 Å². The number of rotatable bonds is 2. The van der Waals surface area contributed by atoms with Gasteiger partial charge >= 0.3 is 6.09 Å². The third-order valence-corrected chi connectivity index (χ3v) is 6.78. The maximum atomic E-state index is 13.9. The normalized spacial score (nSPS) is 30.9. The fourth-order valence-corrected chi connectivity index (χ4v) is 5.38. The molecule has 0 aliphatic carbocycles. The van der Waals surface area contributed by atoms with Crippen molar-refractivity contribution in [1.82, 2.24) is 9.88 Å². The summed E-state index contributed by atoms with van der Waals surface area (Å²) >= 11 is 1.40. The van der Waals surface area contributed by atoms with Crippen LogP contribution in [0.5, 0.6) is 0 Å². The quantitative estimate of drug-likeness (QED) is 0.772. The zero-order chi connectivity index (χ0) is 17.0. The monoisotopic (exact) mass is 359 g/mol. The van der Waals surface area contributed by atoms with E-state index in [1.807, 2.05) is 12.1 Å². The van der Waals surface area contributed by atoms with Gasteiger partial charge in [0.25, 0.3) is 0 Å². The van der Waals surface area contributed by atoms with Gasteiger partial charge in [0.2, 0.25) is 5.95 Å². The van der Waals surface area contributed by atoms with E-state index in [0.717, 1.165) is 42.4 Å². The molecule has 0 N–H and O–H groups in total. The molecule has 4 aliphatic heterocycles. The first-order valence-electron chi connectivity index (χ1n) is 8.58. The van der Waals surface area contributed by atoms with Crippen LogP contribution in [0.1, 0.15) is 12.8 Å². The lowest BCUT2D eigenvalue weighted by Crippen LogP contribution is -2.61. The van der Waals surface area contributed by atoms with Crippen LogP contribution in [0.2, 0.25) is 0 Å². The molecule has 7 heteroatoms. The molecule has 1 atom stereocenters. The van der Waals surface area contributed by atoms with E-state index in [2.05, 4.69) is 9.88 Å². The van der Waals surface area contributed by atoms with Crippen molar-refractivity contribution in [2.24, 2.45) is 5.92 Å². The fourth-order valence-electron chi connectivity index (χ4n) is 4.37. The van der Waals surface area contributed by atoms with E-state index in [4.69, 9.17) is 4.74 Å². The topological polar surface area (TPSA) is 45.7 Å². The summed E-state index contributed by atoms with van der Waals surface area (Å²) < 4.78 is 19.8. The van der Waals surface area contributed by atoms with Gasteiger partial charge in [-0.1, -0.05) is 0 Å². The van der Waals surface area contributed by atoms with Crippen molar-refractivity contribution in [2.75, 3.05) is 31.1 Å². The van der Waals surface area contributed by atoms with E-state index in [1.165, 1.54) is 17.5 Å². The number of carbonyl (C=O) groups is 1. The number of pyridine rings is 1. The second kappa shape index (κ2) is 5.51. The fraction of sp³-hybridized carbons (Fsp3) is 0.444. The Hall–Kier alpha value is -1.99. The number of ether oxygens (including phenoxy) is 1. The maximum absolute atomic E-state index is 13.9. The number of nitrogens with zero attached hydrogens (tertiary/aromatic N) is 3. The summed E-state index contributed by atoms with van der Waals surface area (Å²) in [6.07, 6.45) is 3.34. The minimum Gasteiger partial charge on any atom is -0.439 e. The Bertz CT molecular complexity index is 833. The first-order valence-corrected chi connectivity index (χ1v) is 9.40. The van der Waals surface area contributed by atoms with Crippen molar-refractivity contribution in [3.63, 3.8) is 0 Å². The highest BCUT2D eigenvalue weighted by molar-refractivity contribution is 7.19. The van der Waals surface area contributed by atoms with Gasteiger partial charge in [-0.3, -0.25) is 9.80 Å². The molecule has 2 aromatic rings. The molecule has 6 rings (SSSR count).